The van der Waals surface area contributed by atoms with Gasteiger partial charge in [-0.05, 0) is 47.5 Å². The lowest BCUT2D eigenvalue weighted by atomic mass is 9.78. The van der Waals surface area contributed by atoms with Crippen molar-refractivity contribution in [1.82, 2.24) is 4.90 Å². The fraction of sp³-hybridized carbons (Fsp3) is 0.714. The van der Waals surface area contributed by atoms with Gasteiger partial charge in [0.15, 0.2) is 0 Å². The maximum atomic E-state index is 12.3. The Bertz CT molecular complexity index is 382. The molecule has 1 heterocycles. The van der Waals surface area contributed by atoms with Gasteiger partial charge in [-0.2, -0.15) is 0 Å². The highest BCUT2D eigenvalue weighted by atomic mass is 16.2. The Morgan fingerprint density at radius 1 is 0.941 bits per heavy atom. The summed E-state index contributed by atoms with van der Waals surface area (Å²) in [5.74, 6) is -0.158. The third kappa shape index (κ3) is 1.81. The molecule has 2 unspecified atom stereocenters. The molecular weight excluding hydrogens is 214 g/mol. The minimum Gasteiger partial charge on any atom is -0.277 e. The van der Waals surface area contributed by atoms with Gasteiger partial charge in [-0.1, -0.05) is 11.1 Å². The van der Waals surface area contributed by atoms with Crippen LogP contribution in [0.4, 0.5) is 0 Å². The van der Waals surface area contributed by atoms with Crippen LogP contribution in [0.2, 0.25) is 0 Å². The third-order valence-corrected chi connectivity index (χ3v) is 4.01. The Labute approximate surface area is 103 Å². The Morgan fingerprint density at radius 2 is 1.29 bits per heavy atom. The van der Waals surface area contributed by atoms with Crippen LogP contribution in [-0.2, 0) is 9.59 Å². The highest BCUT2D eigenvalue weighted by Crippen LogP contribution is 2.42. The molecule has 0 N–H and O–H groups in total. The number of nitrogens with zero attached hydrogens (tertiary/aromatic N) is 1. The number of carbonyl (C=O) groups excluding carboxylic acids is 2. The second kappa shape index (κ2) is 3.69. The number of allylic oxidation sites excluding steroid dienone is 2. The molecule has 2 aliphatic rings. The van der Waals surface area contributed by atoms with E-state index in [0.29, 0.717) is 0 Å². The number of likely N-dealkylation sites (tertiary alicyclic amines) is 1. The molecular formula is C14H21NO2. The smallest absolute Gasteiger partial charge is 0.233 e. The van der Waals surface area contributed by atoms with Crippen molar-refractivity contribution in [2.75, 3.05) is 0 Å². The lowest BCUT2D eigenvalue weighted by Crippen LogP contribution is -2.46. The van der Waals surface area contributed by atoms with Crippen LogP contribution in [0.1, 0.15) is 47.5 Å². The molecule has 0 bridgehead atoms. The second-order valence-corrected chi connectivity index (χ2v) is 6.36. The molecule has 2 rings (SSSR count). The first kappa shape index (κ1) is 12.3. The molecule has 2 atom stereocenters. The molecule has 94 valence electrons. The standard InChI is InChI=1S/C14H21NO2/c1-8-6-10-11(7-9(8)2)13(17)15(12(10)16)14(3,4)5/h10-11H,6-7H2,1-5H3. The molecule has 1 aliphatic carbocycles. The number of rotatable bonds is 0. The first-order valence-electron chi connectivity index (χ1n) is 6.26. The average Bonchev–Trinajstić information content (AvgIpc) is 2.40. The van der Waals surface area contributed by atoms with Crippen molar-refractivity contribution >= 4 is 11.8 Å². The van der Waals surface area contributed by atoms with Crippen molar-refractivity contribution in [3.05, 3.63) is 11.1 Å². The summed E-state index contributed by atoms with van der Waals surface area (Å²) in [5, 5.41) is 0. The molecule has 0 aromatic carbocycles. The minimum absolute atomic E-state index is 0.0272. The van der Waals surface area contributed by atoms with Crippen molar-refractivity contribution in [3.63, 3.8) is 0 Å². The van der Waals surface area contributed by atoms with Crippen molar-refractivity contribution in [3.8, 4) is 0 Å². The summed E-state index contributed by atoms with van der Waals surface area (Å²) in [5.41, 5.74) is 2.17. The summed E-state index contributed by atoms with van der Waals surface area (Å²) in [7, 11) is 0. The van der Waals surface area contributed by atoms with E-state index in [0.717, 1.165) is 12.8 Å². The first-order valence-corrected chi connectivity index (χ1v) is 6.26. The van der Waals surface area contributed by atoms with E-state index >= 15 is 0 Å². The minimum atomic E-state index is -0.396. The van der Waals surface area contributed by atoms with Crippen LogP contribution in [0.3, 0.4) is 0 Å². The highest BCUT2D eigenvalue weighted by Gasteiger charge is 2.52. The number of imide groups is 1. The summed E-state index contributed by atoms with van der Waals surface area (Å²) in [6, 6.07) is 0. The second-order valence-electron chi connectivity index (χ2n) is 6.36. The molecule has 2 amide bonds. The lowest BCUT2D eigenvalue weighted by molar-refractivity contribution is -0.145. The van der Waals surface area contributed by atoms with Gasteiger partial charge in [0.05, 0.1) is 11.8 Å². The van der Waals surface area contributed by atoms with E-state index in [9.17, 15) is 9.59 Å². The number of hydrogen-bond acceptors (Lipinski definition) is 2. The summed E-state index contributed by atoms with van der Waals surface area (Å²) in [6.07, 6.45) is 1.52. The molecule has 17 heavy (non-hydrogen) atoms. The van der Waals surface area contributed by atoms with Crippen LogP contribution >= 0.6 is 0 Å². The van der Waals surface area contributed by atoms with Crippen LogP contribution in [0.5, 0.6) is 0 Å². The molecule has 1 aliphatic heterocycles. The van der Waals surface area contributed by atoms with Gasteiger partial charge in [0, 0.05) is 5.54 Å². The fourth-order valence-electron chi connectivity index (χ4n) is 2.91. The Hall–Kier alpha value is -1.12. The van der Waals surface area contributed by atoms with Crippen LogP contribution in [0.25, 0.3) is 0 Å². The van der Waals surface area contributed by atoms with E-state index < -0.39 is 5.54 Å². The van der Waals surface area contributed by atoms with Crippen LogP contribution in [-0.4, -0.2) is 22.3 Å². The zero-order valence-electron chi connectivity index (χ0n) is 11.3. The fourth-order valence-corrected chi connectivity index (χ4v) is 2.91. The average molecular weight is 235 g/mol. The summed E-state index contributed by atoms with van der Waals surface area (Å²) < 4.78 is 0. The molecule has 0 saturated carbocycles. The maximum absolute atomic E-state index is 12.3. The molecule has 1 fully saturated rings. The largest absolute Gasteiger partial charge is 0.277 e. The van der Waals surface area contributed by atoms with Gasteiger partial charge in [0.1, 0.15) is 0 Å². The molecule has 1 saturated heterocycles. The maximum Gasteiger partial charge on any atom is 0.233 e. The molecule has 3 heteroatoms. The van der Waals surface area contributed by atoms with E-state index in [1.807, 2.05) is 20.8 Å². The molecule has 0 aromatic rings. The van der Waals surface area contributed by atoms with Gasteiger partial charge in [-0.15, -0.1) is 0 Å². The summed E-state index contributed by atoms with van der Waals surface area (Å²) in [4.78, 5) is 26.1. The van der Waals surface area contributed by atoms with Gasteiger partial charge in [0.2, 0.25) is 11.8 Å². The highest BCUT2D eigenvalue weighted by molar-refractivity contribution is 6.06. The normalized spacial score (nSPS) is 30.1. The first-order chi connectivity index (χ1) is 7.73. The molecule has 0 aromatic heterocycles. The SMILES string of the molecule is CC1=C(C)CC2C(=O)N(C(C)(C)C)C(=O)C2C1. The van der Waals surface area contributed by atoms with Crippen molar-refractivity contribution in [2.45, 2.75) is 53.0 Å². The van der Waals surface area contributed by atoms with E-state index in [2.05, 4.69) is 13.8 Å². The topological polar surface area (TPSA) is 37.4 Å². The van der Waals surface area contributed by atoms with Gasteiger partial charge in [-0.3, -0.25) is 14.5 Å². The van der Waals surface area contributed by atoms with Gasteiger partial charge in [0.25, 0.3) is 0 Å². The van der Waals surface area contributed by atoms with Gasteiger partial charge >= 0.3 is 0 Å². The predicted molar refractivity (Wildman–Crippen MR) is 66.2 cm³/mol. The molecule has 3 nitrogen and oxygen atoms in total. The van der Waals surface area contributed by atoms with Crippen LogP contribution in [0.15, 0.2) is 11.1 Å². The van der Waals surface area contributed by atoms with E-state index in [1.165, 1.54) is 16.0 Å². The summed E-state index contributed by atoms with van der Waals surface area (Å²) in [6.45, 7) is 9.92. The van der Waals surface area contributed by atoms with Crippen molar-refractivity contribution in [2.24, 2.45) is 11.8 Å². The van der Waals surface area contributed by atoms with Crippen molar-refractivity contribution in [1.29, 1.82) is 0 Å². The quantitative estimate of drug-likeness (QED) is 0.478. The number of carbonyl (C=O) groups is 2. The Morgan fingerprint density at radius 3 is 1.59 bits per heavy atom. The monoisotopic (exact) mass is 235 g/mol. The van der Waals surface area contributed by atoms with E-state index in [-0.39, 0.29) is 23.7 Å². The van der Waals surface area contributed by atoms with Crippen molar-refractivity contribution < 1.29 is 9.59 Å². The van der Waals surface area contributed by atoms with E-state index in [1.54, 1.807) is 0 Å². The van der Waals surface area contributed by atoms with Gasteiger partial charge < -0.3 is 0 Å². The van der Waals surface area contributed by atoms with Gasteiger partial charge in [-0.25, -0.2) is 0 Å². The predicted octanol–water partition coefficient (Wildman–Crippen LogP) is 2.52. The number of hydrogen-bond donors (Lipinski definition) is 0. The number of fused-ring (bicyclic) bond motifs is 1. The van der Waals surface area contributed by atoms with E-state index in [4.69, 9.17) is 0 Å². The molecule has 0 spiro atoms. The summed E-state index contributed by atoms with van der Waals surface area (Å²) >= 11 is 0. The zero-order chi connectivity index (χ0) is 13.0. The van der Waals surface area contributed by atoms with Crippen LogP contribution < -0.4 is 0 Å². The molecule has 0 radical (unpaired) electrons. The Balaban J connectivity index is 2.35. The number of amides is 2. The van der Waals surface area contributed by atoms with Crippen LogP contribution in [0, 0.1) is 11.8 Å². The lowest BCUT2D eigenvalue weighted by Gasteiger charge is -2.30. The Kier molecular flexibility index (Phi) is 2.68. The zero-order valence-corrected chi connectivity index (χ0v) is 11.3. The third-order valence-electron chi connectivity index (χ3n) is 4.01.